The van der Waals surface area contributed by atoms with E-state index < -0.39 is 5.63 Å². The van der Waals surface area contributed by atoms with Gasteiger partial charge in [0.25, 0.3) is 0 Å². The van der Waals surface area contributed by atoms with Gasteiger partial charge in [-0.15, -0.1) is 0 Å². The maximum atomic E-state index is 12.5. The highest BCUT2D eigenvalue weighted by Gasteiger charge is 2.24. The summed E-state index contributed by atoms with van der Waals surface area (Å²) in [6.07, 6.45) is 5.40. The molecule has 0 unspecified atom stereocenters. The zero-order valence-corrected chi connectivity index (χ0v) is 17.3. The molecule has 0 bridgehead atoms. The third-order valence-electron chi connectivity index (χ3n) is 5.69. The number of aryl methyl sites for hydroxylation is 2. The van der Waals surface area contributed by atoms with E-state index in [1.807, 2.05) is 6.92 Å². The highest BCUT2D eigenvalue weighted by atomic mass is 16.5. The first-order valence-electron chi connectivity index (χ1n) is 10.4. The van der Waals surface area contributed by atoms with Gasteiger partial charge >= 0.3 is 17.6 Å². The molecule has 1 aliphatic carbocycles. The van der Waals surface area contributed by atoms with E-state index >= 15 is 0 Å². The predicted octanol–water partition coefficient (Wildman–Crippen LogP) is 4.39. The third kappa shape index (κ3) is 4.69. The van der Waals surface area contributed by atoms with Crippen LogP contribution in [0.25, 0.3) is 11.0 Å². The molecule has 0 amide bonds. The predicted molar refractivity (Wildman–Crippen MR) is 109 cm³/mol. The molecule has 0 radical (unpaired) electrons. The molecule has 1 saturated carbocycles. The number of carbonyl (C=O) groups excluding carboxylic acids is 2. The molecule has 6 nitrogen and oxygen atoms in total. The van der Waals surface area contributed by atoms with E-state index in [9.17, 15) is 14.4 Å². The van der Waals surface area contributed by atoms with Crippen molar-refractivity contribution in [2.75, 3.05) is 6.61 Å². The molecule has 1 fully saturated rings. The lowest BCUT2D eigenvalue weighted by molar-refractivity contribution is -0.143. The smallest absolute Gasteiger partial charge is 0.339 e. The Bertz CT molecular complexity index is 965. The number of hydrogen-bond donors (Lipinski definition) is 0. The van der Waals surface area contributed by atoms with Gasteiger partial charge in [-0.2, -0.15) is 0 Å². The van der Waals surface area contributed by atoms with Crippen LogP contribution in [-0.2, 0) is 20.7 Å². The molecule has 0 aliphatic heterocycles. The second kappa shape index (κ2) is 9.25. The highest BCUT2D eigenvalue weighted by molar-refractivity contribution is 5.87. The molecule has 0 atom stereocenters. The minimum absolute atomic E-state index is 0.0576. The zero-order chi connectivity index (χ0) is 21.0. The van der Waals surface area contributed by atoms with Crippen LogP contribution < -0.4 is 10.4 Å². The number of carbonyl (C=O) groups is 2. The minimum Gasteiger partial charge on any atom is -0.466 e. The molecule has 0 saturated heterocycles. The molecule has 1 aliphatic rings. The summed E-state index contributed by atoms with van der Waals surface area (Å²) in [5, 5.41) is 0.776. The van der Waals surface area contributed by atoms with Gasteiger partial charge in [-0.1, -0.05) is 19.3 Å². The average molecular weight is 400 g/mol. The first kappa shape index (κ1) is 21.1. The lowest BCUT2D eigenvalue weighted by Gasteiger charge is -2.20. The maximum Gasteiger partial charge on any atom is 0.339 e. The molecule has 6 heteroatoms. The van der Waals surface area contributed by atoms with Crippen molar-refractivity contribution in [3.8, 4) is 5.75 Å². The quantitative estimate of drug-likeness (QED) is 0.406. The van der Waals surface area contributed by atoms with Crippen molar-refractivity contribution in [1.29, 1.82) is 0 Å². The second-order valence-corrected chi connectivity index (χ2v) is 7.62. The summed E-state index contributed by atoms with van der Waals surface area (Å²) < 4.78 is 16.1. The molecule has 1 aromatic heterocycles. The first-order chi connectivity index (χ1) is 13.9. The van der Waals surface area contributed by atoms with Crippen molar-refractivity contribution in [2.45, 2.75) is 65.7 Å². The van der Waals surface area contributed by atoms with Gasteiger partial charge in [0.1, 0.15) is 11.3 Å². The van der Waals surface area contributed by atoms with Gasteiger partial charge in [0, 0.05) is 22.9 Å². The number of fused-ring (bicyclic) bond motifs is 1. The Morgan fingerprint density at radius 3 is 2.52 bits per heavy atom. The minimum atomic E-state index is -0.474. The summed E-state index contributed by atoms with van der Waals surface area (Å²) in [4.78, 5) is 36.6. The largest absolute Gasteiger partial charge is 0.466 e. The Labute approximate surface area is 170 Å². The molecule has 0 spiro atoms. The van der Waals surface area contributed by atoms with Crippen LogP contribution in [0.1, 0.15) is 62.1 Å². The van der Waals surface area contributed by atoms with E-state index in [0.29, 0.717) is 29.1 Å². The van der Waals surface area contributed by atoms with Crippen LogP contribution in [0.4, 0.5) is 0 Å². The van der Waals surface area contributed by atoms with Crippen LogP contribution in [0, 0.1) is 19.8 Å². The summed E-state index contributed by atoms with van der Waals surface area (Å²) in [5.74, 6) is -0.183. The van der Waals surface area contributed by atoms with Gasteiger partial charge < -0.3 is 13.9 Å². The van der Waals surface area contributed by atoms with E-state index in [0.717, 1.165) is 36.6 Å². The normalized spacial score (nSPS) is 14.7. The van der Waals surface area contributed by atoms with Crippen LogP contribution in [0.15, 0.2) is 21.3 Å². The molecular weight excluding hydrogens is 372 g/mol. The molecular formula is C23H28O6. The summed E-state index contributed by atoms with van der Waals surface area (Å²) in [7, 11) is 0. The second-order valence-electron chi connectivity index (χ2n) is 7.62. The Balaban J connectivity index is 1.86. The summed E-state index contributed by atoms with van der Waals surface area (Å²) >= 11 is 0. The number of esters is 2. The third-order valence-corrected chi connectivity index (χ3v) is 5.69. The van der Waals surface area contributed by atoms with Crippen molar-refractivity contribution in [2.24, 2.45) is 5.92 Å². The lowest BCUT2D eigenvalue weighted by atomic mass is 9.89. The number of rotatable bonds is 6. The van der Waals surface area contributed by atoms with Crippen molar-refractivity contribution in [1.82, 2.24) is 0 Å². The van der Waals surface area contributed by atoms with Crippen LogP contribution >= 0.6 is 0 Å². The van der Waals surface area contributed by atoms with Crippen molar-refractivity contribution >= 4 is 22.9 Å². The van der Waals surface area contributed by atoms with Gasteiger partial charge in [-0.05, 0) is 57.7 Å². The molecule has 1 aromatic carbocycles. The Kier molecular flexibility index (Phi) is 6.72. The van der Waals surface area contributed by atoms with Gasteiger partial charge in [0.05, 0.1) is 12.5 Å². The van der Waals surface area contributed by atoms with E-state index in [2.05, 4.69) is 0 Å². The summed E-state index contributed by atoms with van der Waals surface area (Å²) in [6.45, 7) is 5.68. The molecule has 2 aromatic rings. The van der Waals surface area contributed by atoms with E-state index in [1.165, 1.54) is 6.42 Å². The number of ether oxygens (including phenoxy) is 2. The lowest BCUT2D eigenvalue weighted by Crippen LogP contribution is -2.23. The molecule has 156 valence electrons. The van der Waals surface area contributed by atoms with Gasteiger partial charge in [-0.25, -0.2) is 4.79 Å². The van der Waals surface area contributed by atoms with Crippen LogP contribution in [0.5, 0.6) is 5.75 Å². The van der Waals surface area contributed by atoms with Crippen LogP contribution in [0.3, 0.4) is 0 Å². The van der Waals surface area contributed by atoms with E-state index in [1.54, 1.807) is 26.0 Å². The standard InChI is InChI=1S/C23H28O6/c1-4-27-20(24)13-11-18-14(2)17-10-12-19(15(3)21(17)29-23(18)26)28-22(25)16-8-6-5-7-9-16/h10,12,16H,4-9,11,13H2,1-3H3. The van der Waals surface area contributed by atoms with E-state index in [4.69, 9.17) is 13.9 Å². The van der Waals surface area contributed by atoms with Crippen LogP contribution in [-0.4, -0.2) is 18.5 Å². The fraction of sp³-hybridized carbons (Fsp3) is 0.522. The topological polar surface area (TPSA) is 82.8 Å². The first-order valence-corrected chi connectivity index (χ1v) is 10.4. The van der Waals surface area contributed by atoms with Crippen molar-refractivity contribution in [3.63, 3.8) is 0 Å². The molecule has 29 heavy (non-hydrogen) atoms. The molecule has 0 N–H and O–H groups in total. The van der Waals surface area contributed by atoms with Gasteiger partial charge in [-0.3, -0.25) is 9.59 Å². The Hall–Kier alpha value is -2.63. The fourth-order valence-electron chi connectivity index (χ4n) is 3.96. The summed E-state index contributed by atoms with van der Waals surface area (Å²) in [5.41, 5.74) is 1.81. The van der Waals surface area contributed by atoms with E-state index in [-0.39, 0.29) is 30.7 Å². The number of hydrogen-bond acceptors (Lipinski definition) is 6. The monoisotopic (exact) mass is 400 g/mol. The fourth-order valence-corrected chi connectivity index (χ4v) is 3.96. The molecule has 1 heterocycles. The van der Waals surface area contributed by atoms with Gasteiger partial charge in [0.15, 0.2) is 0 Å². The van der Waals surface area contributed by atoms with Crippen molar-refractivity contribution < 1.29 is 23.5 Å². The SMILES string of the molecule is CCOC(=O)CCc1c(C)c2ccc(OC(=O)C3CCCCC3)c(C)c2oc1=O. The van der Waals surface area contributed by atoms with Crippen LogP contribution in [0.2, 0.25) is 0 Å². The Morgan fingerprint density at radius 2 is 1.83 bits per heavy atom. The Morgan fingerprint density at radius 1 is 1.10 bits per heavy atom. The zero-order valence-electron chi connectivity index (χ0n) is 17.3. The highest BCUT2D eigenvalue weighted by Crippen LogP contribution is 2.31. The van der Waals surface area contributed by atoms with Gasteiger partial charge in [0.2, 0.25) is 0 Å². The number of benzene rings is 1. The molecule has 3 rings (SSSR count). The maximum absolute atomic E-state index is 12.5. The summed E-state index contributed by atoms with van der Waals surface area (Å²) in [6, 6.07) is 3.55. The average Bonchev–Trinajstić information content (AvgIpc) is 2.71. The van der Waals surface area contributed by atoms with Crippen molar-refractivity contribution in [3.05, 3.63) is 39.2 Å².